The summed E-state index contributed by atoms with van der Waals surface area (Å²) in [4.78, 5) is 55.2. The van der Waals surface area contributed by atoms with Crippen LogP contribution in [0.5, 0.6) is 0 Å². The number of Topliss-reactive ketones (excluding diaryl/α,β-unsaturated/α-hetero) is 2. The van der Waals surface area contributed by atoms with Crippen molar-refractivity contribution in [2.24, 2.45) is 34.5 Å². The summed E-state index contributed by atoms with van der Waals surface area (Å²) in [6.07, 6.45) is 38.2. The van der Waals surface area contributed by atoms with E-state index in [4.69, 9.17) is 9.47 Å². The van der Waals surface area contributed by atoms with E-state index in [0.29, 0.717) is 11.6 Å². The summed E-state index contributed by atoms with van der Waals surface area (Å²) >= 11 is 3.47. The number of ketones is 3. The van der Waals surface area contributed by atoms with Crippen LogP contribution in [0.3, 0.4) is 0 Å². The third-order valence-electron chi connectivity index (χ3n) is 8.76. The molecule has 624 valence electrons. The highest BCUT2D eigenvalue weighted by atomic mass is 32.2. The Labute approximate surface area is 650 Å². The lowest BCUT2D eigenvalue weighted by Gasteiger charge is -2.05. The molecule has 101 heavy (non-hydrogen) atoms. The first-order valence-electron chi connectivity index (χ1n) is 42.7. The third-order valence-corrected chi connectivity index (χ3v) is 10.3. The smallest absolute Gasteiger partial charge is 0.169 e. The molecule has 7 aliphatic heterocycles. The van der Waals surface area contributed by atoms with Gasteiger partial charge in [0.25, 0.3) is 0 Å². The summed E-state index contributed by atoms with van der Waals surface area (Å²) < 4.78 is 13.5. The van der Waals surface area contributed by atoms with Crippen LogP contribution in [-0.2, 0) is 28.7 Å². The summed E-state index contributed by atoms with van der Waals surface area (Å²) in [5, 5.41) is 6.55. The fourth-order valence-corrected chi connectivity index (χ4v) is 6.54. The Bertz CT molecular complexity index is 1070. The maximum atomic E-state index is 10.5. The maximum Gasteiger partial charge on any atom is 0.169 e. The molecule has 2 fully saturated rings. The molecule has 10 rings (SSSR count). The predicted octanol–water partition coefficient (Wildman–Crippen LogP) is 29.6. The minimum absolute atomic E-state index is 0.273. The summed E-state index contributed by atoms with van der Waals surface area (Å²) in [5.74, 6) is 3.68. The van der Waals surface area contributed by atoms with Crippen molar-refractivity contribution in [3.05, 3.63) is 12.2 Å². The molecule has 0 spiro atoms. The van der Waals surface area contributed by atoms with Crippen LogP contribution in [0.4, 0.5) is 0 Å². The maximum absolute atomic E-state index is 10.5. The van der Waals surface area contributed by atoms with E-state index in [9.17, 15) is 14.4 Å². The molecule has 1 N–H and O–H groups in total. The van der Waals surface area contributed by atoms with E-state index in [2.05, 4.69) is 44.7 Å². The lowest BCUT2D eigenvalue weighted by atomic mass is 10.00. The molecule has 0 amide bonds. The Balaban J connectivity index is -0.0000000380. The highest BCUT2D eigenvalue weighted by Crippen LogP contribution is 2.13. The number of carbonyl (C=O) groups excluding carboxylic acids is 3. The highest BCUT2D eigenvalue weighted by molar-refractivity contribution is 8.12. The van der Waals surface area contributed by atoms with Gasteiger partial charge in [-0.1, -0.05) is 295 Å². The Hall–Kier alpha value is -3.66. The molecule has 2 saturated carbocycles. The van der Waals surface area contributed by atoms with Crippen LogP contribution in [0.1, 0.15) is 418 Å². The molecular weight excluding hydrogens is 1290 g/mol. The lowest BCUT2D eigenvalue weighted by Crippen LogP contribution is -2.17. The van der Waals surface area contributed by atoms with Crippen molar-refractivity contribution in [1.29, 1.82) is 0 Å². The zero-order valence-corrected chi connectivity index (χ0v) is 78.6. The van der Waals surface area contributed by atoms with E-state index in [0.717, 1.165) is 149 Å². The number of carbonyl (C=O) groups is 3. The number of rotatable bonds is 0. The van der Waals surface area contributed by atoms with Crippen molar-refractivity contribution >= 4 is 84.4 Å². The van der Waals surface area contributed by atoms with Gasteiger partial charge >= 0.3 is 0 Å². The van der Waals surface area contributed by atoms with Crippen LogP contribution < -0.4 is 5.32 Å². The first-order valence-corrected chi connectivity index (χ1v) is 44.7. The molecule has 0 radical (unpaired) electrons. The number of oxime groups is 1. The van der Waals surface area contributed by atoms with Gasteiger partial charge in [-0.05, 0) is 114 Å². The average Bonchev–Trinajstić information content (AvgIpc) is 4.61. The van der Waals surface area contributed by atoms with Crippen LogP contribution in [-0.4, -0.2) is 131 Å². The van der Waals surface area contributed by atoms with Crippen molar-refractivity contribution in [3.8, 4) is 0 Å². The molecular formula is C85H196N8O6S2. The van der Waals surface area contributed by atoms with Crippen LogP contribution in [0.25, 0.3) is 0 Å². The fourth-order valence-electron chi connectivity index (χ4n) is 5.31. The zero-order valence-electron chi connectivity index (χ0n) is 76.9. The van der Waals surface area contributed by atoms with Gasteiger partial charge in [0.2, 0.25) is 0 Å². The standard InChI is InChI=1S/C6H10O.C5H9N.C5H8O.C5H6O.C4H8N2.3C4H7NO.2C4H7NS.20C2H6/c7-6-4-2-1-3-5-6;1-2-4-6-5-3-1;2*6-5-3-1-2-4-5;3*1-2-5-4-6-3-1;1-2-4-6-5-3-1;1-2-5-4-6-3-1;1-2-4-6-5-3-1;20*1-2/h1-5H2;4H,1-3,5H2;1-4H2;1,3H,2,4H2;4H,1-3H2,(H,5,6);2*4H,1-3H2;3H,1-2,4H2;4H,1-3H2;3H,1-2,4H2;20*1-2H3. The molecule has 7 heterocycles. The van der Waals surface area contributed by atoms with Crippen LogP contribution in [0.2, 0.25) is 0 Å². The van der Waals surface area contributed by atoms with E-state index in [1.54, 1.807) is 42.3 Å². The number of hydrogen-bond acceptors (Lipinski definition) is 16. The van der Waals surface area contributed by atoms with Crippen molar-refractivity contribution in [1.82, 2.24) is 5.32 Å². The van der Waals surface area contributed by atoms with E-state index < -0.39 is 0 Å². The number of nitrogens with zero attached hydrogens (tertiary/aromatic N) is 7. The molecule has 0 aromatic heterocycles. The number of thioether (sulfide) groups is 1. The Morgan fingerprint density at radius 1 is 0.337 bits per heavy atom. The molecule has 0 aromatic carbocycles. The number of hydrogen-bond donors (Lipinski definition) is 1. The summed E-state index contributed by atoms with van der Waals surface area (Å²) in [7, 11) is 0. The molecule has 3 aliphatic carbocycles. The van der Waals surface area contributed by atoms with Crippen molar-refractivity contribution in [3.63, 3.8) is 0 Å². The van der Waals surface area contributed by atoms with E-state index in [1.165, 1.54) is 75.7 Å². The molecule has 14 nitrogen and oxygen atoms in total. The number of allylic oxidation sites excluding steroid dienone is 2. The van der Waals surface area contributed by atoms with Gasteiger partial charge < -0.3 is 19.6 Å². The van der Waals surface area contributed by atoms with Gasteiger partial charge in [0.15, 0.2) is 18.6 Å². The predicted molar refractivity (Wildman–Crippen MR) is 487 cm³/mol. The fraction of sp³-hybridized carbons (Fsp3) is 0.859. The third kappa shape index (κ3) is 235. The normalized spacial score (nSPS) is 13.8. The summed E-state index contributed by atoms with van der Waals surface area (Å²) in [6, 6.07) is 0. The largest absolute Gasteiger partial charge is 0.483 e. The first-order chi connectivity index (χ1) is 50.2. The van der Waals surface area contributed by atoms with Gasteiger partial charge in [0.1, 0.15) is 18.2 Å². The van der Waals surface area contributed by atoms with E-state index >= 15 is 0 Å². The van der Waals surface area contributed by atoms with Crippen LogP contribution >= 0.6 is 23.7 Å². The molecule has 10 aliphatic rings. The minimum atomic E-state index is 0.273. The molecule has 0 aromatic rings. The highest BCUT2D eigenvalue weighted by Gasteiger charge is 2.07. The number of ether oxygens (including phenoxy) is 2. The molecule has 0 saturated heterocycles. The Morgan fingerprint density at radius 3 is 0.832 bits per heavy atom. The van der Waals surface area contributed by atoms with Crippen molar-refractivity contribution in [2.75, 3.05) is 70.6 Å². The van der Waals surface area contributed by atoms with Gasteiger partial charge in [-0.25, -0.2) is 4.40 Å². The Kier molecular flexibility index (Phi) is 360. The molecule has 0 unspecified atom stereocenters. The molecule has 16 heteroatoms. The van der Waals surface area contributed by atoms with Crippen molar-refractivity contribution in [2.45, 2.75) is 418 Å². The monoisotopic (exact) mass is 1490 g/mol. The average molecular weight is 1490 g/mol. The molecule has 0 atom stereocenters. The van der Waals surface area contributed by atoms with Gasteiger partial charge in [0, 0.05) is 108 Å². The van der Waals surface area contributed by atoms with Gasteiger partial charge in [-0.2, -0.15) is 0 Å². The van der Waals surface area contributed by atoms with Crippen LogP contribution in [0, 0.1) is 0 Å². The number of aliphatic imine (C=N–C) groups is 5. The van der Waals surface area contributed by atoms with Crippen molar-refractivity contribution < 1.29 is 28.7 Å². The lowest BCUT2D eigenvalue weighted by molar-refractivity contribution is -0.120. The van der Waals surface area contributed by atoms with Gasteiger partial charge in [0.05, 0.1) is 25.1 Å². The zero-order chi connectivity index (χ0) is 83.6. The molecule has 0 bridgehead atoms. The van der Waals surface area contributed by atoms with Gasteiger partial charge in [-0.15, -0.1) is 11.8 Å². The second kappa shape index (κ2) is 241. The quantitative estimate of drug-likeness (QED) is 0.231. The topological polar surface area (TPSA) is 177 Å². The van der Waals surface area contributed by atoms with Crippen LogP contribution in [0.15, 0.2) is 46.7 Å². The van der Waals surface area contributed by atoms with Gasteiger partial charge in [-0.3, -0.25) is 39.3 Å². The first kappa shape index (κ1) is 151. The summed E-state index contributed by atoms with van der Waals surface area (Å²) in [6.45, 7) is 88.6. The second-order valence-corrected chi connectivity index (χ2v) is 16.2. The SMILES string of the molecule is C1=NCCCC1.C1=NCCCN1.C1=NCCCO1.C1=NCCCO1.C1=NCCCS1.C1=NOCCC1.C1=NSCCC1.CC.CC.CC.CC.CC.CC.CC.CC.CC.CC.CC.CC.CC.CC.CC.CC.CC.CC.CC.CC.O=C1C=CCC1.O=C1CCCC1.O=C1CCCCC1. The summed E-state index contributed by atoms with van der Waals surface area (Å²) in [5.41, 5.74) is 1.93. The Morgan fingerprint density at radius 2 is 0.733 bits per heavy atom. The van der Waals surface area contributed by atoms with E-state index in [-0.39, 0.29) is 5.78 Å². The minimum Gasteiger partial charge on any atom is -0.483 e. The number of nitrogens with one attached hydrogen (secondary N) is 1. The second-order valence-electron chi connectivity index (χ2n) is 14.4. The van der Waals surface area contributed by atoms with E-state index in [1.807, 2.05) is 301 Å².